The number of hydrogen-bond acceptors (Lipinski definition) is 2. The first kappa shape index (κ1) is 19.6. The van der Waals surface area contributed by atoms with Crippen molar-refractivity contribution in [2.24, 2.45) is 0 Å². The number of halogens is 3. The summed E-state index contributed by atoms with van der Waals surface area (Å²) in [6.45, 7) is 4.83. The maximum Gasteiger partial charge on any atom is 0.108 e. The Balaban J connectivity index is 0.00000132. The fourth-order valence-corrected chi connectivity index (χ4v) is 2.48. The Bertz CT molecular complexity index is 764. The summed E-state index contributed by atoms with van der Waals surface area (Å²) in [5.41, 5.74) is 3.09. The second kappa shape index (κ2) is 8.39. The molecule has 7 heteroatoms. The molecule has 0 atom stereocenters. The summed E-state index contributed by atoms with van der Waals surface area (Å²) in [6.07, 6.45) is 8.58. The van der Waals surface area contributed by atoms with E-state index in [1.165, 1.54) is 0 Å². The lowest BCUT2D eigenvalue weighted by atomic mass is 10.2. The number of aryl methyl sites for hydroxylation is 2. The summed E-state index contributed by atoms with van der Waals surface area (Å²) in [5.74, 6) is 1.07. The lowest BCUT2D eigenvalue weighted by Gasteiger charge is -2.05. The molecule has 2 heterocycles. The number of imidazole rings is 2. The second-order valence-electron chi connectivity index (χ2n) is 5.03. The smallest absolute Gasteiger partial charge is 0.108 e. The van der Waals surface area contributed by atoms with E-state index in [4.69, 9.17) is 11.6 Å². The SMILES string of the molecule is CCc1nccn1Cc1cn(-c2ccc(C)c(Cl)c2)cn1.Cl.Cl. The van der Waals surface area contributed by atoms with Crippen LogP contribution in [0.4, 0.5) is 0 Å². The van der Waals surface area contributed by atoms with E-state index in [0.717, 1.165) is 40.8 Å². The maximum absolute atomic E-state index is 6.18. The molecule has 4 nitrogen and oxygen atoms in total. The van der Waals surface area contributed by atoms with Gasteiger partial charge in [0.25, 0.3) is 0 Å². The number of rotatable bonds is 4. The van der Waals surface area contributed by atoms with Gasteiger partial charge in [-0.25, -0.2) is 9.97 Å². The van der Waals surface area contributed by atoms with Crippen LogP contribution in [0.15, 0.2) is 43.1 Å². The van der Waals surface area contributed by atoms with Crippen molar-refractivity contribution in [3.8, 4) is 5.69 Å². The van der Waals surface area contributed by atoms with Crippen LogP contribution in [0, 0.1) is 6.92 Å². The minimum absolute atomic E-state index is 0. The molecule has 0 saturated heterocycles. The van der Waals surface area contributed by atoms with Crippen molar-refractivity contribution in [3.63, 3.8) is 0 Å². The van der Waals surface area contributed by atoms with Crippen LogP contribution in [-0.4, -0.2) is 19.1 Å². The van der Waals surface area contributed by atoms with Gasteiger partial charge in [-0.05, 0) is 24.6 Å². The number of nitrogens with zero attached hydrogens (tertiary/aromatic N) is 4. The van der Waals surface area contributed by atoms with E-state index in [1.807, 2.05) is 54.6 Å². The number of benzene rings is 1. The summed E-state index contributed by atoms with van der Waals surface area (Å²) in [4.78, 5) is 8.79. The summed E-state index contributed by atoms with van der Waals surface area (Å²) in [6, 6.07) is 6.01. The summed E-state index contributed by atoms with van der Waals surface area (Å²) >= 11 is 6.18. The van der Waals surface area contributed by atoms with Gasteiger partial charge in [0, 0.05) is 35.7 Å². The predicted octanol–water partition coefficient (Wildman–Crippen LogP) is 4.48. The van der Waals surface area contributed by atoms with Crippen molar-refractivity contribution in [1.82, 2.24) is 19.1 Å². The maximum atomic E-state index is 6.18. The molecule has 0 aliphatic heterocycles. The standard InChI is InChI=1S/C16H17ClN4.2ClH/c1-3-16-18-6-7-20(16)9-13-10-21(11-19-13)14-5-4-12(2)15(17)8-14;;/h4-8,10-11H,3,9H2,1-2H3;2*1H. The lowest BCUT2D eigenvalue weighted by molar-refractivity contribution is 0.719. The summed E-state index contributed by atoms with van der Waals surface area (Å²) < 4.78 is 4.11. The van der Waals surface area contributed by atoms with Crippen molar-refractivity contribution in [2.45, 2.75) is 26.8 Å². The Hall–Kier alpha value is -1.49. The highest BCUT2D eigenvalue weighted by atomic mass is 35.5. The van der Waals surface area contributed by atoms with Gasteiger partial charge < -0.3 is 9.13 Å². The van der Waals surface area contributed by atoms with Gasteiger partial charge in [0.05, 0.1) is 18.6 Å². The van der Waals surface area contributed by atoms with E-state index in [1.54, 1.807) is 0 Å². The lowest BCUT2D eigenvalue weighted by Crippen LogP contribution is -2.03. The Morgan fingerprint density at radius 3 is 2.65 bits per heavy atom. The fraction of sp³-hybridized carbons (Fsp3) is 0.250. The highest BCUT2D eigenvalue weighted by molar-refractivity contribution is 6.31. The summed E-state index contributed by atoms with van der Waals surface area (Å²) in [5, 5.41) is 0.769. The van der Waals surface area contributed by atoms with Crippen molar-refractivity contribution < 1.29 is 0 Å². The topological polar surface area (TPSA) is 35.6 Å². The largest absolute Gasteiger partial charge is 0.329 e. The van der Waals surface area contributed by atoms with E-state index in [0.29, 0.717) is 0 Å². The molecule has 2 aromatic heterocycles. The average Bonchev–Trinajstić information content (AvgIpc) is 3.11. The van der Waals surface area contributed by atoms with Gasteiger partial charge >= 0.3 is 0 Å². The third kappa shape index (κ3) is 4.28. The van der Waals surface area contributed by atoms with Gasteiger partial charge in [-0.3, -0.25) is 0 Å². The van der Waals surface area contributed by atoms with Gasteiger partial charge in [0.1, 0.15) is 5.82 Å². The van der Waals surface area contributed by atoms with Gasteiger partial charge in [-0.1, -0.05) is 24.6 Å². The molecule has 0 radical (unpaired) electrons. The highest BCUT2D eigenvalue weighted by Crippen LogP contribution is 2.19. The quantitative estimate of drug-likeness (QED) is 0.675. The molecule has 0 N–H and O–H groups in total. The van der Waals surface area contributed by atoms with Gasteiger partial charge in [-0.2, -0.15) is 0 Å². The minimum Gasteiger partial charge on any atom is -0.329 e. The normalized spacial score (nSPS) is 10.0. The number of aromatic nitrogens is 4. The highest BCUT2D eigenvalue weighted by Gasteiger charge is 2.06. The molecule has 1 aromatic carbocycles. The average molecular weight is 374 g/mol. The van der Waals surface area contributed by atoms with E-state index in [-0.39, 0.29) is 24.8 Å². The van der Waals surface area contributed by atoms with Crippen LogP contribution in [0.5, 0.6) is 0 Å². The molecule has 0 spiro atoms. The zero-order chi connectivity index (χ0) is 14.8. The first-order valence-corrected chi connectivity index (χ1v) is 7.34. The molecule has 0 bridgehead atoms. The van der Waals surface area contributed by atoms with E-state index in [2.05, 4.69) is 21.5 Å². The first-order valence-electron chi connectivity index (χ1n) is 6.96. The third-order valence-electron chi connectivity index (χ3n) is 3.54. The molecule has 23 heavy (non-hydrogen) atoms. The van der Waals surface area contributed by atoms with Crippen molar-refractivity contribution in [1.29, 1.82) is 0 Å². The molecular weight excluding hydrogens is 355 g/mol. The van der Waals surface area contributed by atoms with Crippen molar-refractivity contribution in [2.75, 3.05) is 0 Å². The Morgan fingerprint density at radius 2 is 1.96 bits per heavy atom. The minimum atomic E-state index is 0. The predicted molar refractivity (Wildman–Crippen MR) is 98.5 cm³/mol. The molecule has 0 aliphatic carbocycles. The molecule has 3 aromatic rings. The van der Waals surface area contributed by atoms with Crippen LogP contribution in [0.3, 0.4) is 0 Å². The Labute approximate surface area is 153 Å². The number of hydrogen-bond donors (Lipinski definition) is 0. The molecule has 0 aliphatic rings. The van der Waals surface area contributed by atoms with Crippen LogP contribution in [0.25, 0.3) is 5.69 Å². The van der Waals surface area contributed by atoms with Crippen LogP contribution in [0.1, 0.15) is 24.0 Å². The van der Waals surface area contributed by atoms with Crippen LogP contribution >= 0.6 is 36.4 Å². The van der Waals surface area contributed by atoms with Crippen LogP contribution in [-0.2, 0) is 13.0 Å². The van der Waals surface area contributed by atoms with Crippen molar-refractivity contribution >= 4 is 36.4 Å². The Kier molecular flexibility index (Phi) is 7.13. The second-order valence-corrected chi connectivity index (χ2v) is 5.44. The summed E-state index contributed by atoms with van der Waals surface area (Å²) in [7, 11) is 0. The fourth-order valence-electron chi connectivity index (χ4n) is 2.30. The molecule has 0 fully saturated rings. The van der Waals surface area contributed by atoms with Crippen LogP contribution in [0.2, 0.25) is 5.02 Å². The Morgan fingerprint density at radius 1 is 1.17 bits per heavy atom. The van der Waals surface area contributed by atoms with Crippen molar-refractivity contribution in [3.05, 3.63) is 65.2 Å². The first-order chi connectivity index (χ1) is 10.2. The van der Waals surface area contributed by atoms with Gasteiger partial charge in [-0.15, -0.1) is 24.8 Å². The van der Waals surface area contributed by atoms with E-state index in [9.17, 15) is 0 Å². The van der Waals surface area contributed by atoms with E-state index >= 15 is 0 Å². The van der Waals surface area contributed by atoms with Crippen LogP contribution < -0.4 is 0 Å². The molecule has 3 rings (SSSR count). The molecule has 0 saturated carbocycles. The van der Waals surface area contributed by atoms with Gasteiger partial charge in [0.15, 0.2) is 0 Å². The zero-order valence-electron chi connectivity index (χ0n) is 12.9. The zero-order valence-corrected chi connectivity index (χ0v) is 15.3. The molecule has 0 unspecified atom stereocenters. The third-order valence-corrected chi connectivity index (χ3v) is 3.95. The molecule has 124 valence electrons. The van der Waals surface area contributed by atoms with E-state index < -0.39 is 0 Å². The monoisotopic (exact) mass is 372 g/mol. The van der Waals surface area contributed by atoms with Gasteiger partial charge in [0.2, 0.25) is 0 Å². The molecule has 0 amide bonds. The molecular formula is C16H19Cl3N4.